The lowest BCUT2D eigenvalue weighted by Gasteiger charge is -2.19. The van der Waals surface area contributed by atoms with Crippen LogP contribution in [0.2, 0.25) is 0 Å². The Hall–Kier alpha value is -2.77. The molecule has 0 spiro atoms. The Kier molecular flexibility index (Phi) is 4.83. The summed E-state index contributed by atoms with van der Waals surface area (Å²) in [5.41, 5.74) is 0.905. The predicted octanol–water partition coefficient (Wildman–Crippen LogP) is 1.67. The molecule has 2 aromatic rings. The number of carbonyl (C=O) groups excluding carboxylic acids is 1. The molecule has 8 nitrogen and oxygen atoms in total. The van der Waals surface area contributed by atoms with Gasteiger partial charge >= 0.3 is 6.09 Å². The van der Waals surface area contributed by atoms with E-state index in [1.807, 2.05) is 0 Å². The van der Waals surface area contributed by atoms with Crippen molar-refractivity contribution >= 4 is 6.09 Å². The lowest BCUT2D eigenvalue weighted by molar-refractivity contribution is 0.146. The second-order valence-electron chi connectivity index (χ2n) is 5.50. The molecule has 0 aliphatic carbocycles. The Balaban J connectivity index is 2.02. The van der Waals surface area contributed by atoms with Crippen LogP contribution < -0.4 is 10.9 Å². The Labute approximate surface area is 138 Å². The average molecular weight is 329 g/mol. The average Bonchev–Trinajstić information content (AvgIpc) is 2.79. The summed E-state index contributed by atoms with van der Waals surface area (Å²) in [5.74, 6) is 0.543. The van der Waals surface area contributed by atoms with Gasteiger partial charge in [-0.15, -0.1) is 0 Å². The Morgan fingerprint density at radius 1 is 1.42 bits per heavy atom. The maximum atomic E-state index is 12.5. The number of amides is 1. The molecule has 0 saturated carbocycles. The number of hydrogen-bond donors (Lipinski definition) is 1. The molecule has 1 amide bonds. The van der Waals surface area contributed by atoms with Crippen LogP contribution in [-0.2, 0) is 11.3 Å². The molecular formula is C16H19N5O3. The van der Waals surface area contributed by atoms with Gasteiger partial charge in [-0.25, -0.2) is 19.7 Å². The highest BCUT2D eigenvalue weighted by Gasteiger charge is 2.24. The number of nitrogens with zero attached hydrogens (tertiary/aromatic N) is 4. The van der Waals surface area contributed by atoms with Gasteiger partial charge < -0.3 is 10.1 Å². The summed E-state index contributed by atoms with van der Waals surface area (Å²) in [6.07, 6.45) is 4.97. The van der Waals surface area contributed by atoms with E-state index in [0.717, 1.165) is 12.8 Å². The monoisotopic (exact) mass is 329 g/mol. The molecule has 0 bridgehead atoms. The lowest BCUT2D eigenvalue weighted by Crippen LogP contribution is -2.34. The number of alkyl carbamates (subject to hydrolysis) is 1. The van der Waals surface area contributed by atoms with E-state index < -0.39 is 6.09 Å². The van der Waals surface area contributed by atoms with Gasteiger partial charge in [-0.3, -0.25) is 9.36 Å². The third kappa shape index (κ3) is 3.42. The summed E-state index contributed by atoms with van der Waals surface area (Å²) in [6.45, 7) is 2.63. The SMILES string of the molecule is CCOC(=O)NC1CCCCn2c1nc(-c1ccncn1)cc2=O. The van der Waals surface area contributed by atoms with Crippen LogP contribution in [0, 0.1) is 0 Å². The summed E-state index contributed by atoms with van der Waals surface area (Å²) in [5, 5.41) is 2.81. The van der Waals surface area contributed by atoms with Gasteiger partial charge in [0.25, 0.3) is 5.56 Å². The molecule has 2 aromatic heterocycles. The zero-order valence-electron chi connectivity index (χ0n) is 13.4. The van der Waals surface area contributed by atoms with Crippen molar-refractivity contribution < 1.29 is 9.53 Å². The second kappa shape index (κ2) is 7.20. The van der Waals surface area contributed by atoms with E-state index in [1.54, 1.807) is 23.8 Å². The molecule has 1 aliphatic heterocycles. The van der Waals surface area contributed by atoms with E-state index in [1.165, 1.54) is 12.4 Å². The smallest absolute Gasteiger partial charge is 0.407 e. The maximum absolute atomic E-state index is 12.5. The summed E-state index contributed by atoms with van der Waals surface area (Å²) < 4.78 is 6.58. The van der Waals surface area contributed by atoms with Gasteiger partial charge in [-0.1, -0.05) is 0 Å². The highest BCUT2D eigenvalue weighted by atomic mass is 16.5. The fraction of sp³-hybridized carbons (Fsp3) is 0.438. The molecule has 126 valence electrons. The van der Waals surface area contributed by atoms with Crippen LogP contribution in [0.1, 0.15) is 38.1 Å². The largest absolute Gasteiger partial charge is 0.450 e. The first-order chi connectivity index (χ1) is 11.7. The van der Waals surface area contributed by atoms with Crippen molar-refractivity contribution in [2.45, 2.75) is 38.8 Å². The van der Waals surface area contributed by atoms with E-state index >= 15 is 0 Å². The van der Waals surface area contributed by atoms with E-state index in [4.69, 9.17) is 4.74 Å². The highest BCUT2D eigenvalue weighted by Crippen LogP contribution is 2.23. The van der Waals surface area contributed by atoms with Gasteiger partial charge in [-0.2, -0.15) is 0 Å². The van der Waals surface area contributed by atoms with Crippen molar-refractivity contribution in [2.24, 2.45) is 0 Å². The molecule has 0 aromatic carbocycles. The second-order valence-corrected chi connectivity index (χ2v) is 5.50. The van der Waals surface area contributed by atoms with Crippen LogP contribution in [0.25, 0.3) is 11.4 Å². The molecule has 3 heterocycles. The number of nitrogens with one attached hydrogen (secondary N) is 1. The van der Waals surface area contributed by atoms with Crippen molar-refractivity contribution in [1.82, 2.24) is 24.8 Å². The fourth-order valence-corrected chi connectivity index (χ4v) is 2.79. The van der Waals surface area contributed by atoms with Crippen LogP contribution in [-0.4, -0.2) is 32.2 Å². The minimum absolute atomic E-state index is 0.147. The van der Waals surface area contributed by atoms with Crippen molar-refractivity contribution in [1.29, 1.82) is 0 Å². The molecule has 1 unspecified atom stereocenters. The zero-order chi connectivity index (χ0) is 16.9. The molecule has 8 heteroatoms. The molecule has 0 fully saturated rings. The minimum Gasteiger partial charge on any atom is -0.450 e. The van der Waals surface area contributed by atoms with Crippen LogP contribution in [0.4, 0.5) is 4.79 Å². The Morgan fingerprint density at radius 3 is 3.04 bits per heavy atom. The van der Waals surface area contributed by atoms with E-state index in [0.29, 0.717) is 36.8 Å². The minimum atomic E-state index is -0.502. The van der Waals surface area contributed by atoms with Gasteiger partial charge in [0.15, 0.2) is 0 Å². The first kappa shape index (κ1) is 16.1. The van der Waals surface area contributed by atoms with Crippen molar-refractivity contribution in [3.05, 3.63) is 40.8 Å². The summed E-state index contributed by atoms with van der Waals surface area (Å²) in [4.78, 5) is 36.9. The molecule has 1 N–H and O–H groups in total. The molecule has 0 radical (unpaired) electrons. The van der Waals surface area contributed by atoms with Gasteiger partial charge in [-0.05, 0) is 32.3 Å². The van der Waals surface area contributed by atoms with Gasteiger partial charge in [0, 0.05) is 18.8 Å². The van der Waals surface area contributed by atoms with Crippen LogP contribution >= 0.6 is 0 Å². The Morgan fingerprint density at radius 2 is 2.29 bits per heavy atom. The third-order valence-corrected chi connectivity index (χ3v) is 3.89. The first-order valence-corrected chi connectivity index (χ1v) is 8.00. The van der Waals surface area contributed by atoms with Crippen molar-refractivity contribution in [2.75, 3.05) is 6.61 Å². The zero-order valence-corrected chi connectivity index (χ0v) is 13.4. The summed E-state index contributed by atoms with van der Waals surface area (Å²) in [7, 11) is 0. The van der Waals surface area contributed by atoms with Crippen LogP contribution in [0.5, 0.6) is 0 Å². The van der Waals surface area contributed by atoms with Gasteiger partial charge in [0.2, 0.25) is 0 Å². The van der Waals surface area contributed by atoms with Gasteiger partial charge in [0.05, 0.1) is 24.0 Å². The van der Waals surface area contributed by atoms with Crippen molar-refractivity contribution in [3.63, 3.8) is 0 Å². The number of rotatable bonds is 3. The van der Waals surface area contributed by atoms with E-state index in [-0.39, 0.29) is 11.6 Å². The van der Waals surface area contributed by atoms with E-state index in [9.17, 15) is 9.59 Å². The maximum Gasteiger partial charge on any atom is 0.407 e. The number of fused-ring (bicyclic) bond motifs is 1. The lowest BCUT2D eigenvalue weighted by atomic mass is 10.1. The molecule has 24 heavy (non-hydrogen) atoms. The Bertz CT molecular complexity index is 775. The predicted molar refractivity (Wildman–Crippen MR) is 86.3 cm³/mol. The standard InChI is InChI=1S/C16H19N5O3/c1-2-24-16(23)20-12-5-3-4-8-21-14(22)9-13(19-15(12)21)11-6-7-17-10-18-11/h6-7,9-10,12H,2-5,8H2,1H3,(H,20,23). The summed E-state index contributed by atoms with van der Waals surface area (Å²) in [6, 6.07) is 2.81. The number of hydrogen-bond acceptors (Lipinski definition) is 6. The number of ether oxygens (including phenoxy) is 1. The number of carbonyl (C=O) groups is 1. The molecule has 1 aliphatic rings. The summed E-state index contributed by atoms with van der Waals surface area (Å²) >= 11 is 0. The van der Waals surface area contributed by atoms with Crippen LogP contribution in [0.15, 0.2) is 29.5 Å². The van der Waals surface area contributed by atoms with Gasteiger partial charge in [0.1, 0.15) is 12.2 Å². The molecule has 0 saturated heterocycles. The number of aromatic nitrogens is 4. The third-order valence-electron chi connectivity index (χ3n) is 3.89. The highest BCUT2D eigenvalue weighted by molar-refractivity contribution is 5.67. The first-order valence-electron chi connectivity index (χ1n) is 8.00. The quantitative estimate of drug-likeness (QED) is 0.919. The normalized spacial score (nSPS) is 16.8. The van der Waals surface area contributed by atoms with Crippen LogP contribution in [0.3, 0.4) is 0 Å². The molecular weight excluding hydrogens is 310 g/mol. The van der Waals surface area contributed by atoms with Crippen molar-refractivity contribution in [3.8, 4) is 11.4 Å². The molecule has 3 rings (SSSR count). The topological polar surface area (TPSA) is 99.0 Å². The van der Waals surface area contributed by atoms with E-state index in [2.05, 4.69) is 20.3 Å². The fourth-order valence-electron chi connectivity index (χ4n) is 2.79. The molecule has 1 atom stereocenters.